The third-order valence-corrected chi connectivity index (χ3v) is 0.526. The molecule has 0 aromatic heterocycles. The Hall–Kier alpha value is -0.770. The zero-order chi connectivity index (χ0) is 7.98. The summed E-state index contributed by atoms with van der Waals surface area (Å²) in [5.41, 5.74) is 0. The van der Waals surface area contributed by atoms with Crippen LogP contribution in [0.15, 0.2) is 0 Å². The molecular weight excluding hydrogens is 150 g/mol. The molecule has 0 aliphatic heterocycles. The monoisotopic (exact) mass is 153 g/mol. The summed E-state index contributed by atoms with van der Waals surface area (Å²) in [5, 5.41) is 26.0. The van der Waals surface area contributed by atoms with E-state index < -0.39 is 12.5 Å². The van der Waals surface area contributed by atoms with E-state index in [2.05, 4.69) is 14.9 Å². The van der Waals surface area contributed by atoms with Crippen molar-refractivity contribution in [2.75, 3.05) is 6.54 Å². The Balaban J connectivity index is 3.52. The Morgan fingerprint density at radius 2 is 1.90 bits per heavy atom. The quantitative estimate of drug-likeness (QED) is 0.403. The van der Waals surface area contributed by atoms with Crippen LogP contribution in [-0.4, -0.2) is 23.0 Å². The van der Waals surface area contributed by atoms with Crippen LogP contribution in [0.1, 0.15) is 0 Å². The first-order valence-electron chi connectivity index (χ1n) is 1.96. The second-order valence-electron chi connectivity index (χ2n) is 1.10. The highest BCUT2D eigenvalue weighted by atomic mass is 17.4. The molecule has 0 unspecified atom stereocenters. The van der Waals surface area contributed by atoms with Crippen LogP contribution in [0.25, 0.3) is 0 Å². The van der Waals surface area contributed by atoms with Gasteiger partial charge in [-0.15, -0.1) is 0 Å². The summed E-state index contributed by atoms with van der Waals surface area (Å²) in [6.45, 7) is -0.913. The van der Waals surface area contributed by atoms with Crippen LogP contribution in [0.2, 0.25) is 0 Å². The molecule has 0 aromatic rings. The average Bonchev–Trinajstić information content (AvgIpc) is 1.99. The van der Waals surface area contributed by atoms with Gasteiger partial charge < -0.3 is 0 Å². The van der Waals surface area contributed by atoms with Gasteiger partial charge in [0.05, 0.1) is 0 Å². The Morgan fingerprint density at radius 1 is 1.40 bits per heavy atom. The lowest BCUT2D eigenvalue weighted by atomic mass is 10.7. The molecule has 2 radical (unpaired) electrons. The second-order valence-corrected chi connectivity index (χ2v) is 1.10. The van der Waals surface area contributed by atoms with E-state index in [-0.39, 0.29) is 5.23 Å². The van der Waals surface area contributed by atoms with Gasteiger partial charge in [0.15, 0.2) is 6.54 Å². The zero-order valence-electron chi connectivity index (χ0n) is 4.55. The molecule has 0 rings (SSSR count). The molecule has 10 heavy (non-hydrogen) atoms. The van der Waals surface area contributed by atoms with Crippen molar-refractivity contribution in [3.63, 3.8) is 0 Å². The summed E-state index contributed by atoms with van der Waals surface area (Å²) in [6.07, 6.45) is 0. The lowest BCUT2D eigenvalue weighted by Gasteiger charge is -2.04. The van der Waals surface area contributed by atoms with E-state index in [0.717, 1.165) is 0 Å². The number of carbonyl (C=O) groups excluding carboxylic acids is 1. The van der Waals surface area contributed by atoms with Gasteiger partial charge in [0, 0.05) is 5.23 Å². The number of hydrogen-bond donors (Lipinski definition) is 1. The van der Waals surface area contributed by atoms with Crippen LogP contribution < -0.4 is 0 Å². The molecule has 0 aromatic carbocycles. The third kappa shape index (κ3) is 3.29. The van der Waals surface area contributed by atoms with Crippen LogP contribution in [0.5, 0.6) is 0 Å². The lowest BCUT2D eigenvalue weighted by molar-refractivity contribution is -0.617. The topological polar surface area (TPSA) is 108 Å². The number of rotatable bonds is 4. The minimum absolute atomic E-state index is 0.265. The van der Waals surface area contributed by atoms with Gasteiger partial charge in [0.2, 0.25) is 0 Å². The van der Waals surface area contributed by atoms with Gasteiger partial charge in [-0.2, -0.15) is 5.26 Å². The van der Waals surface area contributed by atoms with E-state index in [9.17, 15) is 15.3 Å². The number of hydrogen-bond acceptors (Lipinski definition) is 6. The van der Waals surface area contributed by atoms with Crippen molar-refractivity contribution in [2.45, 2.75) is 0 Å². The molecule has 0 bridgehead atoms. The van der Waals surface area contributed by atoms with E-state index in [1.165, 1.54) is 0 Å². The molecule has 0 fully saturated rings. The third-order valence-electron chi connectivity index (χ3n) is 0.526. The SMILES string of the molecule is [O]ON(CC(=O)OO)O[O]. The molecule has 0 aliphatic carbocycles. The Morgan fingerprint density at radius 3 is 2.20 bits per heavy atom. The van der Waals surface area contributed by atoms with Gasteiger partial charge >= 0.3 is 5.97 Å². The highest BCUT2D eigenvalue weighted by Gasteiger charge is 2.14. The number of nitrogens with zero attached hydrogens (tertiary/aromatic N) is 1. The lowest BCUT2D eigenvalue weighted by Crippen LogP contribution is -2.28. The molecule has 0 amide bonds. The predicted octanol–water partition coefficient (Wildman–Crippen LogP) is -1.14. The van der Waals surface area contributed by atoms with Crippen molar-refractivity contribution < 1.29 is 35.4 Å². The highest BCUT2D eigenvalue weighted by molar-refractivity contribution is 5.70. The fourth-order valence-electron chi connectivity index (χ4n) is 0.199. The number of hydroxylamine groups is 2. The van der Waals surface area contributed by atoms with Gasteiger partial charge in [0.25, 0.3) is 0 Å². The summed E-state index contributed by atoms with van der Waals surface area (Å²) in [4.78, 5) is 18.9. The van der Waals surface area contributed by atoms with E-state index >= 15 is 0 Å². The van der Waals surface area contributed by atoms with Crippen molar-refractivity contribution in [3.8, 4) is 0 Å². The summed E-state index contributed by atoms with van der Waals surface area (Å²) in [5.74, 6) is -1.26. The predicted molar refractivity (Wildman–Crippen MR) is 19.0 cm³/mol. The smallest absolute Gasteiger partial charge is 0.299 e. The molecule has 0 heterocycles. The van der Waals surface area contributed by atoms with Crippen LogP contribution >= 0.6 is 0 Å². The number of carbonyl (C=O) groups is 1. The summed E-state index contributed by atoms with van der Waals surface area (Å²) in [6, 6.07) is 0. The maximum atomic E-state index is 9.99. The van der Waals surface area contributed by atoms with E-state index in [4.69, 9.17) is 5.26 Å². The molecule has 58 valence electrons. The van der Waals surface area contributed by atoms with Crippen molar-refractivity contribution in [2.24, 2.45) is 0 Å². The summed E-state index contributed by atoms with van der Waals surface area (Å²) in [7, 11) is 0. The molecule has 0 atom stereocenters. The largest absolute Gasteiger partial charge is 0.361 e. The van der Waals surface area contributed by atoms with E-state index in [0.29, 0.717) is 0 Å². The fourth-order valence-corrected chi connectivity index (χ4v) is 0.199. The van der Waals surface area contributed by atoms with Crippen molar-refractivity contribution in [3.05, 3.63) is 0 Å². The first-order valence-corrected chi connectivity index (χ1v) is 1.96. The second kappa shape index (κ2) is 5.05. The first kappa shape index (κ1) is 9.23. The van der Waals surface area contributed by atoms with Crippen LogP contribution in [0, 0.1) is 0 Å². The molecule has 0 aliphatic rings. The molecule has 0 saturated carbocycles. The molecule has 8 heteroatoms. The maximum Gasteiger partial charge on any atom is 0.361 e. The zero-order valence-corrected chi connectivity index (χ0v) is 4.55. The van der Waals surface area contributed by atoms with Crippen molar-refractivity contribution in [1.82, 2.24) is 5.23 Å². The molecule has 8 nitrogen and oxygen atoms in total. The van der Waals surface area contributed by atoms with Crippen molar-refractivity contribution >= 4 is 5.97 Å². The summed E-state index contributed by atoms with van der Waals surface area (Å²) < 4.78 is 0. The van der Waals surface area contributed by atoms with Gasteiger partial charge in [0.1, 0.15) is 0 Å². The Bertz CT molecular complexity index is 99.8. The van der Waals surface area contributed by atoms with Gasteiger partial charge in [-0.1, -0.05) is 9.98 Å². The molecular formula is C2H3NO7. The molecule has 0 saturated heterocycles. The molecule has 1 N–H and O–H groups in total. The van der Waals surface area contributed by atoms with Gasteiger partial charge in [-0.05, 0) is 10.5 Å². The Kier molecular flexibility index (Phi) is 4.66. The standard InChI is InChI=1S/C2H3NO7/c4-2(8-5)1-3(9-6)10-7/h5H,1H2. The van der Waals surface area contributed by atoms with Gasteiger partial charge in [-0.3, -0.25) is 4.89 Å². The van der Waals surface area contributed by atoms with Crippen LogP contribution in [-0.2, 0) is 30.2 Å². The molecule has 0 spiro atoms. The average molecular weight is 153 g/mol. The fraction of sp³-hybridized carbons (Fsp3) is 0.500. The minimum Gasteiger partial charge on any atom is -0.299 e. The first-order chi connectivity index (χ1) is 4.74. The van der Waals surface area contributed by atoms with Gasteiger partial charge in [-0.25, -0.2) is 4.79 Å². The Labute approximate surface area is 54.4 Å². The van der Waals surface area contributed by atoms with Crippen LogP contribution in [0.3, 0.4) is 0 Å². The normalized spacial score (nSPS) is 10.0. The van der Waals surface area contributed by atoms with Crippen molar-refractivity contribution in [1.29, 1.82) is 0 Å². The van der Waals surface area contributed by atoms with E-state index in [1.54, 1.807) is 0 Å². The summed E-state index contributed by atoms with van der Waals surface area (Å²) >= 11 is 0. The minimum atomic E-state index is -1.26. The van der Waals surface area contributed by atoms with Crippen LogP contribution in [0.4, 0.5) is 0 Å². The maximum absolute atomic E-state index is 9.99. The highest BCUT2D eigenvalue weighted by Crippen LogP contribution is 1.88. The van der Waals surface area contributed by atoms with E-state index in [1.807, 2.05) is 0 Å².